The van der Waals surface area contributed by atoms with Gasteiger partial charge in [0.25, 0.3) is 0 Å². The smallest absolute Gasteiger partial charge is 0.101 e. The number of hydrogen-bond acceptors (Lipinski definition) is 3. The Morgan fingerprint density at radius 3 is 1.24 bits per heavy atom. The Kier molecular flexibility index (Phi) is 6.07. The summed E-state index contributed by atoms with van der Waals surface area (Å²) in [5, 5.41) is 24.5. The highest BCUT2D eigenvalue weighted by Gasteiger charge is 2.23. The maximum atomic E-state index is 10.1. The fourth-order valence-corrected chi connectivity index (χ4v) is 6.98. The summed E-state index contributed by atoms with van der Waals surface area (Å²) in [6, 6.07) is 36.3. The lowest BCUT2D eigenvalue weighted by Crippen LogP contribution is -2.05. The number of rotatable bonds is 3. The summed E-state index contributed by atoms with van der Waals surface area (Å²) < 4.78 is 4.59. The minimum Gasteiger partial charge on any atom is -0.307 e. The Morgan fingerprint density at radius 2 is 0.870 bits per heavy atom. The number of fused-ring (bicyclic) bond motifs is 6. The van der Waals surface area contributed by atoms with Gasteiger partial charge in [-0.05, 0) is 93.9 Å². The van der Waals surface area contributed by atoms with Crippen molar-refractivity contribution in [2.75, 3.05) is 0 Å². The lowest BCUT2D eigenvalue weighted by atomic mass is 9.98. The van der Waals surface area contributed by atoms with Gasteiger partial charge in [-0.15, -0.1) is 0 Å². The van der Waals surface area contributed by atoms with Crippen molar-refractivity contribution in [3.05, 3.63) is 137 Å². The van der Waals surface area contributed by atoms with E-state index in [0.29, 0.717) is 11.1 Å². The van der Waals surface area contributed by atoms with Gasteiger partial charge in [0.2, 0.25) is 0 Å². The number of pyridine rings is 1. The topological polar surface area (TPSA) is 70.3 Å². The number of aryl methyl sites for hydroxylation is 4. The predicted octanol–water partition coefficient (Wildman–Crippen LogP) is 9.92. The van der Waals surface area contributed by atoms with Gasteiger partial charge in [0, 0.05) is 27.1 Å². The molecule has 8 rings (SSSR count). The molecule has 3 heterocycles. The van der Waals surface area contributed by atoms with Crippen molar-refractivity contribution in [2.24, 2.45) is 0 Å². The van der Waals surface area contributed by atoms with E-state index in [9.17, 15) is 10.5 Å². The van der Waals surface area contributed by atoms with E-state index in [1.807, 2.05) is 24.5 Å². The van der Waals surface area contributed by atoms with E-state index in [0.717, 1.165) is 44.6 Å². The third-order valence-corrected chi connectivity index (χ3v) is 9.09. The van der Waals surface area contributed by atoms with Crippen LogP contribution in [0.4, 0.5) is 0 Å². The highest BCUT2D eigenvalue weighted by atomic mass is 15.0. The van der Waals surface area contributed by atoms with Crippen LogP contribution in [0.2, 0.25) is 0 Å². The molecule has 0 aliphatic rings. The second-order valence-corrected chi connectivity index (χ2v) is 12.3. The third-order valence-electron chi connectivity index (χ3n) is 9.09. The van der Waals surface area contributed by atoms with Crippen LogP contribution in [0.3, 0.4) is 0 Å². The molecule has 0 saturated heterocycles. The zero-order valence-electron chi connectivity index (χ0n) is 26.1. The molecular weight excluding hydrogens is 562 g/mol. The Morgan fingerprint density at radius 1 is 0.478 bits per heavy atom. The van der Waals surface area contributed by atoms with Crippen molar-refractivity contribution >= 4 is 43.6 Å². The number of hydrogen-bond donors (Lipinski definition) is 0. The molecule has 218 valence electrons. The van der Waals surface area contributed by atoms with Crippen LogP contribution in [0.1, 0.15) is 33.4 Å². The Hall–Kier alpha value is -6.17. The maximum Gasteiger partial charge on any atom is 0.101 e. The molecule has 0 aliphatic carbocycles. The standard InChI is InChI=1S/C41H29N5/c1-24-5-11-35-31(15-24)32-16-25(2)6-12-36(32)45(35)39-22-44-23-40(41(39)28-9-10-29(20-42)30(19-28)21-43)46-37-13-7-26(3)17-33(37)34-18-27(4)8-14-38(34)46/h5-19,22-23H,1-4H3. The lowest BCUT2D eigenvalue weighted by molar-refractivity contribution is 1.09. The maximum absolute atomic E-state index is 10.1. The molecule has 0 fully saturated rings. The molecule has 8 aromatic rings. The van der Waals surface area contributed by atoms with E-state index >= 15 is 0 Å². The van der Waals surface area contributed by atoms with Gasteiger partial charge in [0.1, 0.15) is 12.1 Å². The minimum atomic E-state index is 0.343. The van der Waals surface area contributed by atoms with E-state index in [2.05, 4.69) is 122 Å². The molecule has 5 nitrogen and oxygen atoms in total. The first kappa shape index (κ1) is 27.4. The molecular formula is C41H29N5. The summed E-state index contributed by atoms with van der Waals surface area (Å²) >= 11 is 0. The highest BCUT2D eigenvalue weighted by molar-refractivity contribution is 6.12. The van der Waals surface area contributed by atoms with Crippen LogP contribution in [-0.4, -0.2) is 14.1 Å². The van der Waals surface area contributed by atoms with Crippen molar-refractivity contribution < 1.29 is 0 Å². The van der Waals surface area contributed by atoms with Crippen molar-refractivity contribution in [1.82, 2.24) is 14.1 Å². The molecule has 0 atom stereocenters. The zero-order valence-corrected chi connectivity index (χ0v) is 26.1. The normalized spacial score (nSPS) is 11.4. The molecule has 0 saturated carbocycles. The monoisotopic (exact) mass is 591 g/mol. The first-order valence-electron chi connectivity index (χ1n) is 15.3. The minimum absolute atomic E-state index is 0.343. The largest absolute Gasteiger partial charge is 0.307 e. The lowest BCUT2D eigenvalue weighted by Gasteiger charge is -2.20. The zero-order chi connectivity index (χ0) is 31.7. The average Bonchev–Trinajstić information content (AvgIpc) is 3.55. The van der Waals surface area contributed by atoms with Gasteiger partial charge >= 0.3 is 0 Å². The summed E-state index contributed by atoms with van der Waals surface area (Å²) in [4.78, 5) is 4.90. The van der Waals surface area contributed by atoms with E-state index in [-0.39, 0.29) is 0 Å². The molecule has 0 unspecified atom stereocenters. The quantitative estimate of drug-likeness (QED) is 0.205. The summed E-state index contributed by atoms with van der Waals surface area (Å²) in [6.07, 6.45) is 3.84. The molecule has 0 N–H and O–H groups in total. The predicted molar refractivity (Wildman–Crippen MR) is 187 cm³/mol. The molecule has 5 aromatic carbocycles. The van der Waals surface area contributed by atoms with Gasteiger partial charge < -0.3 is 9.13 Å². The van der Waals surface area contributed by atoms with Crippen molar-refractivity contribution in [3.8, 4) is 34.6 Å². The number of nitriles is 2. The molecule has 0 aliphatic heterocycles. The Labute approximate surface area is 266 Å². The van der Waals surface area contributed by atoms with Crippen LogP contribution in [0.5, 0.6) is 0 Å². The molecule has 0 spiro atoms. The van der Waals surface area contributed by atoms with Crippen LogP contribution in [0.15, 0.2) is 103 Å². The fraction of sp³-hybridized carbons (Fsp3) is 0.0976. The molecule has 0 radical (unpaired) electrons. The second-order valence-electron chi connectivity index (χ2n) is 12.3. The van der Waals surface area contributed by atoms with Crippen LogP contribution >= 0.6 is 0 Å². The van der Waals surface area contributed by atoms with Gasteiger partial charge in [0.05, 0.1) is 57.0 Å². The van der Waals surface area contributed by atoms with Gasteiger partial charge in [-0.1, -0.05) is 52.6 Å². The summed E-state index contributed by atoms with van der Waals surface area (Å²) in [5.74, 6) is 0. The Balaban J connectivity index is 1.57. The number of benzene rings is 5. The number of nitrogens with zero attached hydrogens (tertiary/aromatic N) is 5. The SMILES string of the molecule is Cc1ccc2c(c1)c1cc(C)ccc1n2-c1cncc(-n2c3ccc(C)cc3c3cc(C)ccc32)c1-c1ccc(C#N)c(C#N)c1. The van der Waals surface area contributed by atoms with E-state index in [4.69, 9.17) is 4.98 Å². The average molecular weight is 592 g/mol. The summed E-state index contributed by atoms with van der Waals surface area (Å²) in [5.41, 5.74) is 13.4. The summed E-state index contributed by atoms with van der Waals surface area (Å²) in [6.45, 7) is 8.49. The first-order chi connectivity index (χ1) is 22.4. The van der Waals surface area contributed by atoms with Crippen LogP contribution in [0, 0.1) is 50.4 Å². The molecule has 5 heteroatoms. The van der Waals surface area contributed by atoms with Crippen molar-refractivity contribution in [3.63, 3.8) is 0 Å². The molecule has 3 aromatic heterocycles. The van der Waals surface area contributed by atoms with Crippen molar-refractivity contribution in [1.29, 1.82) is 10.5 Å². The van der Waals surface area contributed by atoms with Crippen molar-refractivity contribution in [2.45, 2.75) is 27.7 Å². The van der Waals surface area contributed by atoms with Crippen LogP contribution < -0.4 is 0 Å². The van der Waals surface area contributed by atoms with E-state index in [1.54, 1.807) is 6.07 Å². The van der Waals surface area contributed by atoms with Gasteiger partial charge in [-0.2, -0.15) is 10.5 Å². The Bertz CT molecular complexity index is 2390. The van der Waals surface area contributed by atoms with Gasteiger partial charge in [-0.3, -0.25) is 4.98 Å². The van der Waals surface area contributed by atoms with E-state index in [1.165, 1.54) is 43.8 Å². The van der Waals surface area contributed by atoms with E-state index < -0.39 is 0 Å². The summed E-state index contributed by atoms with van der Waals surface area (Å²) in [7, 11) is 0. The van der Waals surface area contributed by atoms with Gasteiger partial charge in [-0.25, -0.2) is 0 Å². The molecule has 46 heavy (non-hydrogen) atoms. The van der Waals surface area contributed by atoms with Crippen LogP contribution in [-0.2, 0) is 0 Å². The number of aromatic nitrogens is 3. The van der Waals surface area contributed by atoms with Gasteiger partial charge in [0.15, 0.2) is 0 Å². The molecule has 0 bridgehead atoms. The third kappa shape index (κ3) is 4.03. The fourth-order valence-electron chi connectivity index (χ4n) is 6.98. The second kappa shape index (κ2) is 10.2. The molecule has 0 amide bonds. The first-order valence-corrected chi connectivity index (χ1v) is 15.3. The van der Waals surface area contributed by atoms with Crippen LogP contribution in [0.25, 0.3) is 66.1 Å². The highest BCUT2D eigenvalue weighted by Crippen LogP contribution is 2.42.